The summed E-state index contributed by atoms with van der Waals surface area (Å²) in [6.45, 7) is 0.182. The Morgan fingerprint density at radius 2 is 2.60 bits per heavy atom. The SMILES string of the molecule is CS[CH]CO. The van der Waals surface area contributed by atoms with Crippen LogP contribution in [0.2, 0.25) is 0 Å². The first kappa shape index (κ1) is 5.31. The van der Waals surface area contributed by atoms with Crippen LogP contribution in [0.15, 0.2) is 0 Å². The molecule has 0 aromatic heterocycles. The van der Waals surface area contributed by atoms with Gasteiger partial charge in [-0.3, -0.25) is 0 Å². The van der Waals surface area contributed by atoms with Crippen molar-refractivity contribution in [2.75, 3.05) is 12.9 Å². The lowest BCUT2D eigenvalue weighted by Crippen LogP contribution is -1.72. The van der Waals surface area contributed by atoms with Crippen LogP contribution in [-0.4, -0.2) is 18.0 Å². The Hall–Kier alpha value is 0.310. The van der Waals surface area contributed by atoms with E-state index in [2.05, 4.69) is 0 Å². The number of hydrogen-bond donors (Lipinski definition) is 1. The van der Waals surface area contributed by atoms with Crippen molar-refractivity contribution in [3.05, 3.63) is 5.75 Å². The van der Waals surface area contributed by atoms with E-state index >= 15 is 0 Å². The predicted octanol–water partition coefficient (Wildman–Crippen LogP) is 0.503. The van der Waals surface area contributed by atoms with Crippen molar-refractivity contribution >= 4 is 11.8 Å². The molecule has 0 unspecified atom stereocenters. The van der Waals surface area contributed by atoms with Gasteiger partial charge in [-0.2, -0.15) is 11.8 Å². The second-order valence-electron chi connectivity index (χ2n) is 0.585. The summed E-state index contributed by atoms with van der Waals surface area (Å²) in [5.41, 5.74) is 0. The molecule has 0 fully saturated rings. The van der Waals surface area contributed by atoms with Gasteiger partial charge in [-0.15, -0.1) is 0 Å². The maximum Gasteiger partial charge on any atom is 0.0561 e. The highest BCUT2D eigenvalue weighted by atomic mass is 32.2. The molecule has 1 radical (unpaired) electrons. The van der Waals surface area contributed by atoms with Crippen LogP contribution in [0.1, 0.15) is 0 Å². The summed E-state index contributed by atoms with van der Waals surface area (Å²) in [4.78, 5) is 0. The number of hydrogen-bond acceptors (Lipinski definition) is 2. The Kier molecular flexibility index (Phi) is 4.58. The summed E-state index contributed by atoms with van der Waals surface area (Å²) >= 11 is 1.53. The molecule has 0 saturated carbocycles. The molecular formula is C3H7OS. The molecule has 0 saturated heterocycles. The maximum absolute atomic E-state index is 7.99. The van der Waals surface area contributed by atoms with Crippen molar-refractivity contribution in [3.63, 3.8) is 0 Å². The lowest BCUT2D eigenvalue weighted by Gasteiger charge is -1.79. The zero-order valence-corrected chi connectivity index (χ0v) is 3.96. The van der Waals surface area contributed by atoms with Crippen LogP contribution in [0.25, 0.3) is 0 Å². The maximum atomic E-state index is 7.99. The van der Waals surface area contributed by atoms with Crippen LogP contribution in [0.4, 0.5) is 0 Å². The Morgan fingerprint density at radius 3 is 2.60 bits per heavy atom. The molecule has 0 aromatic rings. The first-order chi connectivity index (χ1) is 2.41. The molecule has 0 rings (SSSR count). The van der Waals surface area contributed by atoms with E-state index in [9.17, 15) is 0 Å². The zero-order chi connectivity index (χ0) is 4.12. The highest BCUT2D eigenvalue weighted by Gasteiger charge is 1.70. The highest BCUT2D eigenvalue weighted by molar-refractivity contribution is 8.00. The first-order valence-corrected chi connectivity index (χ1v) is 2.66. The monoisotopic (exact) mass is 91.0 g/mol. The Balaban J connectivity index is 2.19. The minimum Gasteiger partial charge on any atom is -0.395 e. The van der Waals surface area contributed by atoms with Crippen LogP contribution in [0.5, 0.6) is 0 Å². The Bertz CT molecular complexity index is 14.4. The molecule has 0 atom stereocenters. The number of thioether (sulfide) groups is 1. The molecule has 0 aliphatic rings. The van der Waals surface area contributed by atoms with E-state index in [1.54, 1.807) is 5.75 Å². The molecule has 31 valence electrons. The standard InChI is InChI=1S/C3H7OS/c1-5-3-2-4/h3-4H,2H2,1H3. The van der Waals surface area contributed by atoms with Gasteiger partial charge in [-0.05, 0) is 6.26 Å². The molecule has 0 amide bonds. The fourth-order valence-corrected chi connectivity index (χ4v) is 0.224. The molecule has 1 N–H and O–H groups in total. The quantitative estimate of drug-likeness (QED) is 0.534. The average Bonchev–Trinajstić information content (AvgIpc) is 1.41. The Labute approximate surface area is 36.4 Å². The molecule has 0 spiro atoms. The average molecular weight is 91.2 g/mol. The van der Waals surface area contributed by atoms with E-state index < -0.39 is 0 Å². The Morgan fingerprint density at radius 1 is 2.00 bits per heavy atom. The summed E-state index contributed by atoms with van der Waals surface area (Å²) in [7, 11) is 0. The van der Waals surface area contributed by atoms with Crippen molar-refractivity contribution < 1.29 is 5.11 Å². The van der Waals surface area contributed by atoms with E-state index in [-0.39, 0.29) is 6.61 Å². The second kappa shape index (κ2) is 4.31. The van der Waals surface area contributed by atoms with Crippen molar-refractivity contribution in [2.45, 2.75) is 0 Å². The molecule has 0 aromatic carbocycles. The normalized spacial score (nSPS) is 8.40. The van der Waals surface area contributed by atoms with Crippen molar-refractivity contribution in [1.82, 2.24) is 0 Å². The predicted molar refractivity (Wildman–Crippen MR) is 24.9 cm³/mol. The minimum atomic E-state index is 0.182. The van der Waals surface area contributed by atoms with Crippen LogP contribution < -0.4 is 0 Å². The molecule has 0 aliphatic heterocycles. The van der Waals surface area contributed by atoms with E-state index in [0.29, 0.717) is 0 Å². The van der Waals surface area contributed by atoms with Gasteiger partial charge in [-0.1, -0.05) is 0 Å². The van der Waals surface area contributed by atoms with Crippen molar-refractivity contribution in [2.24, 2.45) is 0 Å². The van der Waals surface area contributed by atoms with Gasteiger partial charge in [0.15, 0.2) is 0 Å². The smallest absolute Gasteiger partial charge is 0.0561 e. The molecule has 2 heteroatoms. The molecule has 5 heavy (non-hydrogen) atoms. The summed E-state index contributed by atoms with van der Waals surface area (Å²) in [5, 5.41) is 7.99. The van der Waals surface area contributed by atoms with Crippen LogP contribution in [-0.2, 0) is 0 Å². The van der Waals surface area contributed by atoms with Gasteiger partial charge < -0.3 is 5.11 Å². The zero-order valence-electron chi connectivity index (χ0n) is 3.14. The van der Waals surface area contributed by atoms with E-state index in [0.717, 1.165) is 0 Å². The van der Waals surface area contributed by atoms with Gasteiger partial charge in [0.25, 0.3) is 0 Å². The van der Waals surface area contributed by atoms with Crippen molar-refractivity contribution in [1.29, 1.82) is 0 Å². The molecule has 1 nitrogen and oxygen atoms in total. The topological polar surface area (TPSA) is 20.2 Å². The molecular weight excluding hydrogens is 84.1 g/mol. The number of aliphatic hydroxyl groups excluding tert-OH is 1. The van der Waals surface area contributed by atoms with Crippen molar-refractivity contribution in [3.8, 4) is 0 Å². The highest BCUT2D eigenvalue weighted by Crippen LogP contribution is 1.92. The van der Waals surface area contributed by atoms with Crippen LogP contribution >= 0.6 is 11.8 Å². The lowest BCUT2D eigenvalue weighted by atomic mass is 10.9. The molecule has 0 aliphatic carbocycles. The van der Waals surface area contributed by atoms with Gasteiger partial charge in [0.2, 0.25) is 0 Å². The third-order valence-electron chi connectivity index (χ3n) is 0.241. The van der Waals surface area contributed by atoms with Crippen LogP contribution in [0, 0.1) is 5.75 Å². The van der Waals surface area contributed by atoms with Gasteiger partial charge >= 0.3 is 0 Å². The number of rotatable bonds is 2. The largest absolute Gasteiger partial charge is 0.395 e. The van der Waals surface area contributed by atoms with Gasteiger partial charge in [-0.25, -0.2) is 0 Å². The molecule has 0 bridgehead atoms. The second-order valence-corrected chi connectivity index (χ2v) is 1.39. The van der Waals surface area contributed by atoms with Gasteiger partial charge in [0, 0.05) is 5.75 Å². The van der Waals surface area contributed by atoms with Crippen LogP contribution in [0.3, 0.4) is 0 Å². The van der Waals surface area contributed by atoms with Gasteiger partial charge in [0.05, 0.1) is 6.61 Å². The summed E-state index contributed by atoms with van der Waals surface area (Å²) in [6, 6.07) is 0. The van der Waals surface area contributed by atoms with E-state index in [1.807, 2.05) is 6.26 Å². The minimum absolute atomic E-state index is 0.182. The fraction of sp³-hybridized carbons (Fsp3) is 0.667. The lowest BCUT2D eigenvalue weighted by molar-refractivity contribution is 0.337. The molecule has 0 heterocycles. The fourth-order valence-electron chi connectivity index (χ4n) is 0.0745. The van der Waals surface area contributed by atoms with Gasteiger partial charge in [0.1, 0.15) is 0 Å². The summed E-state index contributed by atoms with van der Waals surface area (Å²) < 4.78 is 0. The van der Waals surface area contributed by atoms with E-state index in [4.69, 9.17) is 5.11 Å². The number of aliphatic hydroxyl groups is 1. The van der Waals surface area contributed by atoms with E-state index in [1.165, 1.54) is 11.8 Å². The first-order valence-electron chi connectivity index (χ1n) is 1.37. The summed E-state index contributed by atoms with van der Waals surface area (Å²) in [5.74, 6) is 1.72. The summed E-state index contributed by atoms with van der Waals surface area (Å²) in [6.07, 6.45) is 1.91. The third kappa shape index (κ3) is 4.31. The third-order valence-corrected chi connectivity index (χ3v) is 0.724.